The molecule has 0 aliphatic carbocycles. The summed E-state index contributed by atoms with van der Waals surface area (Å²) in [7, 11) is 0. The lowest BCUT2D eigenvalue weighted by Crippen LogP contribution is -2.41. The molecule has 2 aromatic rings. The zero-order valence-corrected chi connectivity index (χ0v) is 14.8. The summed E-state index contributed by atoms with van der Waals surface area (Å²) in [5.41, 5.74) is 1.79. The van der Waals surface area contributed by atoms with Gasteiger partial charge in [-0.1, -0.05) is 26.0 Å². The van der Waals surface area contributed by atoms with Crippen LogP contribution in [-0.4, -0.2) is 45.3 Å². The molecule has 1 fully saturated rings. The van der Waals surface area contributed by atoms with Crippen molar-refractivity contribution >= 4 is 5.91 Å². The molecule has 2 aliphatic rings. The summed E-state index contributed by atoms with van der Waals surface area (Å²) in [6, 6.07) is 5.94. The molecule has 1 aromatic heterocycles. The van der Waals surface area contributed by atoms with Crippen LogP contribution in [0.5, 0.6) is 5.75 Å². The van der Waals surface area contributed by atoms with Gasteiger partial charge in [-0.15, -0.1) is 0 Å². The number of ether oxygens (including phenoxy) is 1. The second-order valence-corrected chi connectivity index (χ2v) is 7.73. The van der Waals surface area contributed by atoms with Gasteiger partial charge in [0.2, 0.25) is 0 Å². The van der Waals surface area contributed by atoms with Crippen LogP contribution in [0.3, 0.4) is 0 Å². The molecule has 0 saturated carbocycles. The van der Waals surface area contributed by atoms with Crippen molar-refractivity contribution in [2.45, 2.75) is 38.6 Å². The first-order valence-electron chi connectivity index (χ1n) is 8.92. The first-order valence-corrected chi connectivity index (χ1v) is 8.92. The quantitative estimate of drug-likeness (QED) is 0.861. The van der Waals surface area contributed by atoms with Crippen LogP contribution < -0.4 is 4.74 Å². The van der Waals surface area contributed by atoms with Crippen LogP contribution in [0.2, 0.25) is 0 Å². The van der Waals surface area contributed by atoms with Crippen molar-refractivity contribution in [3.8, 4) is 5.75 Å². The standard InChI is InChI=1S/C19H24N4O2/c1-19(2)11-25-17-15(6-3-7-16(17)19)18(24)22-8-4-5-14(9-22)10-23-13-20-12-21-23/h3,6-7,12-14H,4-5,8-11H2,1-2H3. The van der Waals surface area contributed by atoms with E-state index >= 15 is 0 Å². The first-order chi connectivity index (χ1) is 12.0. The maximum atomic E-state index is 13.1. The van der Waals surface area contributed by atoms with Crippen molar-refractivity contribution in [3.05, 3.63) is 42.0 Å². The van der Waals surface area contributed by atoms with Gasteiger partial charge in [-0.25, -0.2) is 4.98 Å². The number of piperidine rings is 1. The molecule has 4 rings (SSSR count). The normalized spacial score (nSPS) is 21.7. The first kappa shape index (κ1) is 16.1. The Morgan fingerprint density at radius 1 is 1.40 bits per heavy atom. The number of aromatic nitrogens is 3. The van der Waals surface area contributed by atoms with Crippen molar-refractivity contribution in [2.75, 3.05) is 19.7 Å². The van der Waals surface area contributed by atoms with Crippen LogP contribution >= 0.6 is 0 Å². The van der Waals surface area contributed by atoms with Gasteiger partial charge in [0.25, 0.3) is 5.91 Å². The van der Waals surface area contributed by atoms with Gasteiger partial charge in [-0.2, -0.15) is 5.10 Å². The highest BCUT2D eigenvalue weighted by molar-refractivity contribution is 5.97. The minimum absolute atomic E-state index is 0.0385. The third-order valence-corrected chi connectivity index (χ3v) is 5.27. The van der Waals surface area contributed by atoms with E-state index in [0.717, 1.165) is 43.8 Å². The minimum atomic E-state index is -0.0385. The molecule has 6 heteroatoms. The van der Waals surface area contributed by atoms with E-state index < -0.39 is 0 Å². The molecule has 1 amide bonds. The number of amides is 1. The van der Waals surface area contributed by atoms with E-state index in [1.54, 1.807) is 12.7 Å². The summed E-state index contributed by atoms with van der Waals surface area (Å²) in [5.74, 6) is 1.27. The molecule has 132 valence electrons. The number of rotatable bonds is 3. The van der Waals surface area contributed by atoms with Crippen molar-refractivity contribution in [1.82, 2.24) is 19.7 Å². The molecule has 1 saturated heterocycles. The highest BCUT2D eigenvalue weighted by Gasteiger charge is 2.36. The summed E-state index contributed by atoms with van der Waals surface area (Å²) in [6.45, 7) is 7.30. The van der Waals surface area contributed by atoms with Gasteiger partial charge >= 0.3 is 0 Å². The zero-order chi connectivity index (χ0) is 17.4. The van der Waals surface area contributed by atoms with E-state index in [9.17, 15) is 4.79 Å². The topological polar surface area (TPSA) is 60.2 Å². The molecule has 1 atom stereocenters. The van der Waals surface area contributed by atoms with E-state index in [2.05, 4.69) is 30.0 Å². The molecular weight excluding hydrogens is 316 g/mol. The van der Waals surface area contributed by atoms with Crippen LogP contribution in [0.4, 0.5) is 0 Å². The monoisotopic (exact) mass is 340 g/mol. The summed E-state index contributed by atoms with van der Waals surface area (Å²) in [5, 5.41) is 4.18. The van der Waals surface area contributed by atoms with Crippen LogP contribution in [0, 0.1) is 5.92 Å². The zero-order valence-electron chi connectivity index (χ0n) is 14.8. The van der Waals surface area contributed by atoms with Crippen molar-refractivity contribution in [2.24, 2.45) is 5.92 Å². The number of fused-ring (bicyclic) bond motifs is 1. The Morgan fingerprint density at radius 2 is 2.28 bits per heavy atom. The van der Waals surface area contributed by atoms with E-state index in [1.807, 2.05) is 21.7 Å². The fourth-order valence-corrected chi connectivity index (χ4v) is 3.88. The van der Waals surface area contributed by atoms with Gasteiger partial charge in [-0.05, 0) is 24.8 Å². The fourth-order valence-electron chi connectivity index (χ4n) is 3.88. The van der Waals surface area contributed by atoms with Crippen LogP contribution in [0.25, 0.3) is 0 Å². The van der Waals surface area contributed by atoms with Crippen molar-refractivity contribution < 1.29 is 9.53 Å². The third-order valence-electron chi connectivity index (χ3n) is 5.27. The smallest absolute Gasteiger partial charge is 0.257 e. The van der Waals surface area contributed by atoms with Gasteiger partial charge in [-0.3, -0.25) is 9.48 Å². The summed E-state index contributed by atoms with van der Waals surface area (Å²) >= 11 is 0. The molecule has 0 N–H and O–H groups in total. The number of hydrogen-bond acceptors (Lipinski definition) is 4. The van der Waals surface area contributed by atoms with Gasteiger partial charge in [0.05, 0.1) is 12.2 Å². The molecule has 0 spiro atoms. The fraction of sp³-hybridized carbons (Fsp3) is 0.526. The Bertz CT molecular complexity index is 770. The molecule has 0 radical (unpaired) electrons. The van der Waals surface area contributed by atoms with Gasteiger partial charge in [0.15, 0.2) is 0 Å². The van der Waals surface area contributed by atoms with Gasteiger partial charge in [0.1, 0.15) is 18.4 Å². The average molecular weight is 340 g/mol. The molecular formula is C19H24N4O2. The lowest BCUT2D eigenvalue weighted by Gasteiger charge is -2.33. The number of benzene rings is 1. The Kier molecular flexibility index (Phi) is 3.98. The lowest BCUT2D eigenvalue weighted by molar-refractivity contribution is 0.0656. The predicted molar refractivity (Wildman–Crippen MR) is 93.6 cm³/mol. The van der Waals surface area contributed by atoms with E-state index in [-0.39, 0.29) is 11.3 Å². The van der Waals surface area contributed by atoms with Crippen LogP contribution in [-0.2, 0) is 12.0 Å². The van der Waals surface area contributed by atoms with Crippen LogP contribution in [0.15, 0.2) is 30.9 Å². The van der Waals surface area contributed by atoms with E-state index in [4.69, 9.17) is 4.74 Å². The second kappa shape index (κ2) is 6.17. The number of hydrogen-bond donors (Lipinski definition) is 0. The van der Waals surface area contributed by atoms with Crippen molar-refractivity contribution in [1.29, 1.82) is 0 Å². The van der Waals surface area contributed by atoms with Crippen molar-refractivity contribution in [3.63, 3.8) is 0 Å². The summed E-state index contributed by atoms with van der Waals surface area (Å²) < 4.78 is 7.75. The maximum absolute atomic E-state index is 13.1. The number of carbonyl (C=O) groups excluding carboxylic acids is 1. The van der Waals surface area contributed by atoms with E-state index in [1.165, 1.54) is 0 Å². The van der Waals surface area contributed by atoms with Gasteiger partial charge in [0, 0.05) is 30.6 Å². The SMILES string of the molecule is CC1(C)COc2c(C(=O)N3CCCC(Cn4cncn4)C3)cccc21. The Balaban J connectivity index is 1.52. The summed E-state index contributed by atoms with van der Waals surface area (Å²) in [6.07, 6.45) is 5.42. The van der Waals surface area contributed by atoms with Crippen LogP contribution in [0.1, 0.15) is 42.6 Å². The summed E-state index contributed by atoms with van der Waals surface area (Å²) in [4.78, 5) is 19.1. The highest BCUT2D eigenvalue weighted by Crippen LogP contribution is 2.41. The molecule has 0 bridgehead atoms. The molecule has 2 aliphatic heterocycles. The van der Waals surface area contributed by atoms with Gasteiger partial charge < -0.3 is 9.64 Å². The molecule has 1 aromatic carbocycles. The molecule has 1 unspecified atom stereocenters. The molecule has 25 heavy (non-hydrogen) atoms. The molecule has 6 nitrogen and oxygen atoms in total. The number of carbonyl (C=O) groups is 1. The second-order valence-electron chi connectivity index (χ2n) is 7.73. The Morgan fingerprint density at radius 3 is 3.08 bits per heavy atom. The third kappa shape index (κ3) is 3.01. The number of nitrogens with zero attached hydrogens (tertiary/aromatic N) is 4. The Labute approximate surface area is 147 Å². The average Bonchev–Trinajstić information content (AvgIpc) is 3.22. The lowest BCUT2D eigenvalue weighted by atomic mass is 9.86. The maximum Gasteiger partial charge on any atom is 0.257 e. The minimum Gasteiger partial charge on any atom is -0.492 e. The molecule has 3 heterocycles. The number of para-hydroxylation sites is 1. The highest BCUT2D eigenvalue weighted by atomic mass is 16.5. The largest absolute Gasteiger partial charge is 0.492 e. The number of likely N-dealkylation sites (tertiary alicyclic amines) is 1. The van der Waals surface area contributed by atoms with E-state index in [0.29, 0.717) is 18.1 Å². The predicted octanol–water partition coefficient (Wildman–Crippen LogP) is 2.50. The Hall–Kier alpha value is -2.37.